The third-order valence-electron chi connectivity index (χ3n) is 2.15. The van der Waals surface area contributed by atoms with Gasteiger partial charge in [-0.15, -0.1) is 0 Å². The summed E-state index contributed by atoms with van der Waals surface area (Å²) in [6.45, 7) is 11.6. The average Bonchev–Trinajstić information content (AvgIpc) is 2.48. The lowest BCUT2D eigenvalue weighted by Crippen LogP contribution is -2.02. The van der Waals surface area contributed by atoms with Crippen molar-refractivity contribution in [2.75, 3.05) is 0 Å². The van der Waals surface area contributed by atoms with Gasteiger partial charge in [0, 0.05) is 11.6 Å². The Morgan fingerprint density at radius 3 is 1.40 bits per heavy atom. The van der Waals surface area contributed by atoms with Crippen molar-refractivity contribution in [3.63, 3.8) is 0 Å². The predicted octanol–water partition coefficient (Wildman–Crippen LogP) is 1.88. The van der Waals surface area contributed by atoms with Gasteiger partial charge in [-0.05, 0) is 26.2 Å². The molecule has 0 aliphatic rings. The Morgan fingerprint density at radius 1 is 0.920 bits per heavy atom. The van der Waals surface area contributed by atoms with Gasteiger partial charge in [-0.3, -0.25) is 0 Å². The van der Waals surface area contributed by atoms with Crippen LogP contribution in [0.15, 0.2) is 24.8 Å². The SMILES string of the molecule is C=C(C)C(=O)O.C=CC(=O)O.CCCC(O)O.CCCCCC(O)O. The van der Waals surface area contributed by atoms with Gasteiger partial charge in [0.05, 0.1) is 0 Å². The van der Waals surface area contributed by atoms with E-state index >= 15 is 0 Å². The topological polar surface area (TPSA) is 156 Å². The summed E-state index contributed by atoms with van der Waals surface area (Å²) in [5, 5.41) is 48.4. The molecule has 6 N–H and O–H groups in total. The molecular formula is C17H34O8. The van der Waals surface area contributed by atoms with Crippen molar-refractivity contribution in [1.82, 2.24) is 0 Å². The van der Waals surface area contributed by atoms with E-state index in [-0.39, 0.29) is 5.57 Å². The highest BCUT2D eigenvalue weighted by Crippen LogP contribution is 1.99. The fourth-order valence-electron chi connectivity index (χ4n) is 0.835. The van der Waals surface area contributed by atoms with Crippen molar-refractivity contribution in [2.24, 2.45) is 0 Å². The van der Waals surface area contributed by atoms with E-state index in [1.54, 1.807) is 0 Å². The molecule has 0 saturated heterocycles. The van der Waals surface area contributed by atoms with Gasteiger partial charge in [0.2, 0.25) is 0 Å². The number of hydrogen-bond donors (Lipinski definition) is 6. The van der Waals surface area contributed by atoms with Crippen LogP contribution in [0.1, 0.15) is 59.3 Å². The minimum Gasteiger partial charge on any atom is -0.478 e. The molecule has 0 aromatic heterocycles. The number of carboxylic acids is 2. The fraction of sp³-hybridized carbons (Fsp3) is 0.647. The van der Waals surface area contributed by atoms with Gasteiger partial charge in [-0.25, -0.2) is 9.59 Å². The number of aliphatic carboxylic acids is 2. The van der Waals surface area contributed by atoms with Crippen LogP contribution in [0.4, 0.5) is 0 Å². The third kappa shape index (κ3) is 60.8. The number of aliphatic hydroxyl groups is 4. The Balaban J connectivity index is -0.000000119. The number of unbranched alkanes of at least 4 members (excludes halogenated alkanes) is 2. The Hall–Kier alpha value is -1.74. The van der Waals surface area contributed by atoms with Crippen LogP contribution in [0.25, 0.3) is 0 Å². The van der Waals surface area contributed by atoms with Gasteiger partial charge in [-0.1, -0.05) is 46.3 Å². The van der Waals surface area contributed by atoms with Gasteiger partial charge in [-0.2, -0.15) is 0 Å². The highest BCUT2D eigenvalue weighted by Gasteiger charge is 1.93. The average molecular weight is 366 g/mol. The molecular weight excluding hydrogens is 332 g/mol. The lowest BCUT2D eigenvalue weighted by Gasteiger charge is -1.99. The van der Waals surface area contributed by atoms with Crippen LogP contribution in [0.5, 0.6) is 0 Å². The van der Waals surface area contributed by atoms with E-state index < -0.39 is 24.5 Å². The number of carbonyl (C=O) groups is 2. The molecule has 0 aliphatic heterocycles. The molecule has 0 aromatic rings. The molecule has 8 heteroatoms. The molecule has 0 saturated carbocycles. The summed E-state index contributed by atoms with van der Waals surface area (Å²) in [5.41, 5.74) is 0.176. The first kappa shape index (κ1) is 31.1. The van der Waals surface area contributed by atoms with Crippen molar-refractivity contribution < 1.29 is 40.2 Å². The Morgan fingerprint density at radius 2 is 1.28 bits per heavy atom. The Bertz CT molecular complexity index is 326. The summed E-state index contributed by atoms with van der Waals surface area (Å²) >= 11 is 0. The fourth-order valence-corrected chi connectivity index (χ4v) is 0.835. The second kappa shape index (κ2) is 24.5. The summed E-state index contributed by atoms with van der Waals surface area (Å²) in [4.78, 5) is 18.8. The zero-order chi connectivity index (χ0) is 20.8. The van der Waals surface area contributed by atoms with Crippen LogP contribution in [0.3, 0.4) is 0 Å². The van der Waals surface area contributed by atoms with Crippen LogP contribution in [-0.4, -0.2) is 55.2 Å². The van der Waals surface area contributed by atoms with E-state index in [9.17, 15) is 9.59 Å². The predicted molar refractivity (Wildman–Crippen MR) is 95.8 cm³/mol. The van der Waals surface area contributed by atoms with E-state index in [0.29, 0.717) is 12.8 Å². The number of aliphatic hydroxyl groups excluding tert-OH is 2. The second-order valence-electron chi connectivity index (χ2n) is 4.87. The molecule has 8 nitrogen and oxygen atoms in total. The number of rotatable bonds is 8. The Labute approximate surface area is 149 Å². The molecule has 0 amide bonds. The lowest BCUT2D eigenvalue weighted by molar-refractivity contribution is -0.133. The van der Waals surface area contributed by atoms with Crippen LogP contribution >= 0.6 is 0 Å². The number of carboxylic acid groups (broad SMARTS) is 2. The third-order valence-corrected chi connectivity index (χ3v) is 2.15. The van der Waals surface area contributed by atoms with Crippen molar-refractivity contribution in [3.05, 3.63) is 24.8 Å². The van der Waals surface area contributed by atoms with Crippen molar-refractivity contribution in [3.8, 4) is 0 Å². The first-order valence-electron chi connectivity index (χ1n) is 7.92. The molecule has 0 heterocycles. The summed E-state index contributed by atoms with van der Waals surface area (Å²) in [5.74, 6) is -1.92. The van der Waals surface area contributed by atoms with Crippen molar-refractivity contribution in [1.29, 1.82) is 0 Å². The molecule has 0 spiro atoms. The van der Waals surface area contributed by atoms with Crippen LogP contribution in [0, 0.1) is 0 Å². The largest absolute Gasteiger partial charge is 0.478 e. The highest BCUT2D eigenvalue weighted by atomic mass is 16.5. The van der Waals surface area contributed by atoms with Crippen molar-refractivity contribution >= 4 is 11.9 Å². The van der Waals surface area contributed by atoms with Gasteiger partial charge in [0.1, 0.15) is 0 Å². The van der Waals surface area contributed by atoms with Crippen LogP contribution < -0.4 is 0 Å². The quantitative estimate of drug-likeness (QED) is 0.216. The molecule has 0 unspecified atom stereocenters. The second-order valence-corrected chi connectivity index (χ2v) is 4.87. The first-order chi connectivity index (χ1) is 11.5. The van der Waals surface area contributed by atoms with E-state index in [0.717, 1.165) is 31.8 Å². The molecule has 0 fully saturated rings. The number of hydrogen-bond acceptors (Lipinski definition) is 6. The molecule has 150 valence electrons. The van der Waals surface area contributed by atoms with Crippen LogP contribution in [0.2, 0.25) is 0 Å². The molecule has 0 bridgehead atoms. The van der Waals surface area contributed by atoms with E-state index in [4.69, 9.17) is 30.6 Å². The molecule has 0 aliphatic carbocycles. The maximum absolute atomic E-state index is 9.60. The monoisotopic (exact) mass is 366 g/mol. The van der Waals surface area contributed by atoms with Gasteiger partial charge in [0.15, 0.2) is 12.6 Å². The highest BCUT2D eigenvalue weighted by molar-refractivity contribution is 5.84. The minimum atomic E-state index is -1.10. The van der Waals surface area contributed by atoms with E-state index in [1.165, 1.54) is 6.92 Å². The summed E-state index contributed by atoms with van der Waals surface area (Å²) in [6.07, 6.45) is 3.63. The zero-order valence-corrected chi connectivity index (χ0v) is 15.4. The van der Waals surface area contributed by atoms with E-state index in [1.807, 2.05) is 6.92 Å². The zero-order valence-electron chi connectivity index (χ0n) is 15.4. The summed E-state index contributed by atoms with van der Waals surface area (Å²) in [6, 6.07) is 0. The smallest absolute Gasteiger partial charge is 0.330 e. The summed E-state index contributed by atoms with van der Waals surface area (Å²) in [7, 11) is 0. The molecule has 0 atom stereocenters. The van der Waals surface area contributed by atoms with Gasteiger partial charge in [0.25, 0.3) is 0 Å². The Kier molecular flexibility index (Phi) is 30.5. The molecule has 0 aromatic carbocycles. The maximum Gasteiger partial charge on any atom is 0.330 e. The maximum atomic E-state index is 9.60. The van der Waals surface area contributed by atoms with E-state index in [2.05, 4.69) is 20.1 Å². The normalized spacial score (nSPS) is 8.84. The standard InChI is InChI=1S/C6H14O2.C4H6O2.C4H10O2.C3H4O2/c1-2-3-4-5-6(7)8;1-3(2)4(5)6;1-2-3-4(5)6;1-2-3(4)5/h6-8H,2-5H2,1H3;1H2,2H3,(H,5,6);4-6H,2-3H2,1H3;2H,1H2,(H,4,5). The minimum absolute atomic E-state index is 0.176. The van der Waals surface area contributed by atoms with Crippen molar-refractivity contribution in [2.45, 2.75) is 71.9 Å². The van der Waals surface area contributed by atoms with Gasteiger partial charge < -0.3 is 30.6 Å². The summed E-state index contributed by atoms with van der Waals surface area (Å²) < 4.78 is 0. The van der Waals surface area contributed by atoms with Gasteiger partial charge >= 0.3 is 11.9 Å². The van der Waals surface area contributed by atoms with Crippen LogP contribution in [-0.2, 0) is 9.59 Å². The molecule has 0 radical (unpaired) electrons. The molecule has 0 rings (SSSR count). The lowest BCUT2D eigenvalue weighted by atomic mass is 10.2. The molecule has 25 heavy (non-hydrogen) atoms. The first-order valence-corrected chi connectivity index (χ1v) is 7.92.